The van der Waals surface area contributed by atoms with Gasteiger partial charge in [-0.2, -0.15) is 4.98 Å². The quantitative estimate of drug-likeness (QED) is 0.825. The molecule has 2 unspecified atom stereocenters. The fraction of sp³-hybridized carbons (Fsp3) is 0.857. The number of rotatable bonds is 3. The van der Waals surface area contributed by atoms with Crippen molar-refractivity contribution >= 4 is 6.01 Å². The van der Waals surface area contributed by atoms with Gasteiger partial charge in [-0.15, -0.1) is 0 Å². The molecule has 3 rings (SSSR count). The minimum absolute atomic E-state index is 0.340. The van der Waals surface area contributed by atoms with Crippen LogP contribution >= 0.6 is 0 Å². The Morgan fingerprint density at radius 3 is 2.44 bits per heavy atom. The summed E-state index contributed by atoms with van der Waals surface area (Å²) in [5.41, 5.74) is 0. The van der Waals surface area contributed by atoms with Gasteiger partial charge in [-0.3, -0.25) is 0 Å². The molecule has 1 aliphatic carbocycles. The first-order valence-corrected chi connectivity index (χ1v) is 7.23. The number of nitrogens with zero attached hydrogens (tertiary/aromatic N) is 3. The van der Waals surface area contributed by atoms with Gasteiger partial charge < -0.3 is 9.42 Å². The molecule has 2 fully saturated rings. The van der Waals surface area contributed by atoms with Gasteiger partial charge in [-0.1, -0.05) is 25.9 Å². The first-order chi connectivity index (χ1) is 8.65. The highest BCUT2D eigenvalue weighted by Crippen LogP contribution is 2.47. The first-order valence-electron chi connectivity index (χ1n) is 7.23. The Morgan fingerprint density at radius 2 is 1.94 bits per heavy atom. The first kappa shape index (κ1) is 12.0. The monoisotopic (exact) mass is 249 g/mol. The summed E-state index contributed by atoms with van der Waals surface area (Å²) in [6.07, 6.45) is 4.02. The lowest BCUT2D eigenvalue weighted by molar-refractivity contribution is 0.329. The van der Waals surface area contributed by atoms with Crippen LogP contribution in [0.25, 0.3) is 0 Å². The number of piperidine rings is 1. The molecule has 2 atom stereocenters. The summed E-state index contributed by atoms with van der Waals surface area (Å²) < 4.78 is 5.36. The van der Waals surface area contributed by atoms with E-state index in [0.29, 0.717) is 5.92 Å². The van der Waals surface area contributed by atoms with Crippen molar-refractivity contribution in [1.82, 2.24) is 10.1 Å². The SMILES string of the molecule is CC(C)c1noc(N2CCC(C3CC3C)CC2)n1. The highest BCUT2D eigenvalue weighted by Gasteiger charge is 2.40. The second-order valence-corrected chi connectivity index (χ2v) is 6.29. The topological polar surface area (TPSA) is 42.2 Å². The lowest BCUT2D eigenvalue weighted by atomic mass is 9.91. The summed E-state index contributed by atoms with van der Waals surface area (Å²) in [6, 6.07) is 0.723. The fourth-order valence-electron chi connectivity index (χ4n) is 3.12. The van der Waals surface area contributed by atoms with Crippen LogP contribution in [0.5, 0.6) is 0 Å². The van der Waals surface area contributed by atoms with Crippen molar-refractivity contribution < 1.29 is 4.52 Å². The van der Waals surface area contributed by atoms with Gasteiger partial charge >= 0.3 is 6.01 Å². The van der Waals surface area contributed by atoms with Crippen LogP contribution in [0.15, 0.2) is 4.52 Å². The van der Waals surface area contributed by atoms with Gasteiger partial charge in [0, 0.05) is 19.0 Å². The Labute approximate surface area is 109 Å². The molecule has 4 nitrogen and oxygen atoms in total. The molecular weight excluding hydrogens is 226 g/mol. The zero-order chi connectivity index (χ0) is 12.7. The summed E-state index contributed by atoms with van der Waals surface area (Å²) >= 11 is 0. The second-order valence-electron chi connectivity index (χ2n) is 6.29. The smallest absolute Gasteiger partial charge is 0.324 e. The van der Waals surface area contributed by atoms with E-state index in [0.717, 1.165) is 42.7 Å². The van der Waals surface area contributed by atoms with Gasteiger partial charge in [0.25, 0.3) is 0 Å². The van der Waals surface area contributed by atoms with E-state index in [4.69, 9.17) is 4.52 Å². The van der Waals surface area contributed by atoms with E-state index < -0.39 is 0 Å². The molecule has 1 saturated carbocycles. The summed E-state index contributed by atoms with van der Waals surface area (Å²) in [5.74, 6) is 4.07. The molecule has 0 spiro atoms. The molecule has 0 amide bonds. The maximum atomic E-state index is 5.36. The van der Waals surface area contributed by atoms with Gasteiger partial charge in [0.15, 0.2) is 5.82 Å². The molecule has 0 aromatic carbocycles. The molecule has 18 heavy (non-hydrogen) atoms. The van der Waals surface area contributed by atoms with Crippen LogP contribution in [0.4, 0.5) is 6.01 Å². The zero-order valence-electron chi connectivity index (χ0n) is 11.6. The molecule has 4 heteroatoms. The molecule has 0 N–H and O–H groups in total. The molecular formula is C14H23N3O. The highest BCUT2D eigenvalue weighted by molar-refractivity contribution is 5.26. The van der Waals surface area contributed by atoms with Gasteiger partial charge in [0.05, 0.1) is 0 Å². The van der Waals surface area contributed by atoms with Crippen LogP contribution in [0.1, 0.15) is 51.8 Å². The second kappa shape index (κ2) is 4.56. The van der Waals surface area contributed by atoms with Gasteiger partial charge in [0.2, 0.25) is 0 Å². The third kappa shape index (κ3) is 2.25. The van der Waals surface area contributed by atoms with Gasteiger partial charge in [-0.25, -0.2) is 0 Å². The minimum Gasteiger partial charge on any atom is -0.324 e. The molecule has 1 aromatic heterocycles. The summed E-state index contributed by atoms with van der Waals surface area (Å²) in [4.78, 5) is 6.73. The average molecular weight is 249 g/mol. The van der Waals surface area contributed by atoms with Crippen LogP contribution in [0.2, 0.25) is 0 Å². The van der Waals surface area contributed by atoms with Crippen molar-refractivity contribution in [3.8, 4) is 0 Å². The molecule has 1 aromatic rings. The Balaban J connectivity index is 1.58. The van der Waals surface area contributed by atoms with Crippen LogP contribution in [-0.4, -0.2) is 23.2 Å². The number of hydrogen-bond donors (Lipinski definition) is 0. The molecule has 1 saturated heterocycles. The van der Waals surface area contributed by atoms with E-state index >= 15 is 0 Å². The lowest BCUT2D eigenvalue weighted by Crippen LogP contribution is -2.34. The summed E-state index contributed by atoms with van der Waals surface area (Å²) in [5, 5.41) is 4.04. The van der Waals surface area contributed by atoms with E-state index in [2.05, 4.69) is 35.8 Å². The number of anilines is 1. The third-order valence-electron chi connectivity index (χ3n) is 4.53. The molecule has 100 valence electrons. The maximum Gasteiger partial charge on any atom is 0.324 e. The van der Waals surface area contributed by atoms with E-state index in [-0.39, 0.29) is 0 Å². The zero-order valence-corrected chi connectivity index (χ0v) is 11.6. The third-order valence-corrected chi connectivity index (χ3v) is 4.53. The Morgan fingerprint density at radius 1 is 1.28 bits per heavy atom. The van der Waals surface area contributed by atoms with Gasteiger partial charge in [-0.05, 0) is 37.0 Å². The van der Waals surface area contributed by atoms with Crippen LogP contribution < -0.4 is 4.90 Å². The van der Waals surface area contributed by atoms with Crippen molar-refractivity contribution in [2.75, 3.05) is 18.0 Å². The molecule has 0 bridgehead atoms. The molecule has 0 radical (unpaired) electrons. The minimum atomic E-state index is 0.340. The molecule has 2 heterocycles. The van der Waals surface area contributed by atoms with E-state index in [9.17, 15) is 0 Å². The number of hydrogen-bond acceptors (Lipinski definition) is 4. The Bertz CT molecular complexity index is 407. The standard InChI is InChI=1S/C14H23N3O/c1-9(2)13-15-14(18-16-13)17-6-4-11(5-7-17)12-8-10(12)3/h9-12H,4-8H2,1-3H3. The van der Waals surface area contributed by atoms with Crippen LogP contribution in [0, 0.1) is 17.8 Å². The Hall–Kier alpha value is -1.06. The predicted octanol–water partition coefficient (Wildman–Crippen LogP) is 3.07. The fourth-order valence-corrected chi connectivity index (χ4v) is 3.12. The largest absolute Gasteiger partial charge is 0.324 e. The van der Waals surface area contributed by atoms with Gasteiger partial charge in [0.1, 0.15) is 0 Å². The average Bonchev–Trinajstić information content (AvgIpc) is 2.92. The number of aromatic nitrogens is 2. The van der Waals surface area contributed by atoms with Crippen molar-refractivity contribution in [3.05, 3.63) is 5.82 Å². The van der Waals surface area contributed by atoms with Crippen LogP contribution in [0.3, 0.4) is 0 Å². The van der Waals surface area contributed by atoms with Crippen molar-refractivity contribution in [2.45, 2.75) is 46.0 Å². The van der Waals surface area contributed by atoms with Crippen molar-refractivity contribution in [1.29, 1.82) is 0 Å². The highest BCUT2D eigenvalue weighted by atomic mass is 16.5. The predicted molar refractivity (Wildman–Crippen MR) is 70.6 cm³/mol. The summed E-state index contributed by atoms with van der Waals surface area (Å²) in [6.45, 7) is 8.72. The van der Waals surface area contributed by atoms with Crippen molar-refractivity contribution in [2.24, 2.45) is 17.8 Å². The Kier molecular flexibility index (Phi) is 3.04. The van der Waals surface area contributed by atoms with E-state index in [1.54, 1.807) is 0 Å². The van der Waals surface area contributed by atoms with Crippen molar-refractivity contribution in [3.63, 3.8) is 0 Å². The maximum absolute atomic E-state index is 5.36. The molecule has 1 aliphatic heterocycles. The normalized spacial score (nSPS) is 29.0. The lowest BCUT2D eigenvalue weighted by Gasteiger charge is -2.30. The van der Waals surface area contributed by atoms with E-state index in [1.807, 2.05) is 0 Å². The summed E-state index contributed by atoms with van der Waals surface area (Å²) in [7, 11) is 0. The van der Waals surface area contributed by atoms with Crippen LogP contribution in [-0.2, 0) is 0 Å². The molecule has 2 aliphatic rings. The van der Waals surface area contributed by atoms with E-state index in [1.165, 1.54) is 19.3 Å².